The summed E-state index contributed by atoms with van der Waals surface area (Å²) in [6.45, 7) is 0.506. The van der Waals surface area contributed by atoms with E-state index in [0.717, 1.165) is 14.2 Å². The Morgan fingerprint density at radius 1 is 0.737 bits per heavy atom. The van der Waals surface area contributed by atoms with Crippen LogP contribution in [-0.2, 0) is 38.0 Å². The molecule has 2 heterocycles. The van der Waals surface area contributed by atoms with Gasteiger partial charge in [-0.2, -0.15) is 0 Å². The van der Waals surface area contributed by atoms with E-state index < -0.39 is 104 Å². The number of ether oxygens (including phenoxy) is 6. The average Bonchev–Trinajstić information content (AvgIpc) is 2.92. The van der Waals surface area contributed by atoms with E-state index in [9.17, 15) is 45.3 Å². The Hall–Kier alpha value is -1.50. The zero-order chi connectivity index (χ0) is 28.3. The van der Waals surface area contributed by atoms with Gasteiger partial charge >= 0.3 is 11.9 Å². The predicted molar refractivity (Wildman–Crippen MR) is 121 cm³/mol. The van der Waals surface area contributed by atoms with Crippen LogP contribution in [0.3, 0.4) is 0 Å². The molecule has 0 bridgehead atoms. The summed E-state index contributed by atoms with van der Waals surface area (Å²) in [5, 5.41) is 70.5. The summed E-state index contributed by atoms with van der Waals surface area (Å²) in [6.07, 6.45) is -16.4. The summed E-state index contributed by atoms with van der Waals surface area (Å²) >= 11 is 0. The van der Waals surface area contributed by atoms with E-state index in [1.807, 2.05) is 0 Å². The summed E-state index contributed by atoms with van der Waals surface area (Å²) < 4.78 is 32.5. The molecule has 15 heteroatoms. The maximum Gasteiger partial charge on any atom is 0.309 e. The quantitative estimate of drug-likeness (QED) is 0.141. The fourth-order valence-corrected chi connectivity index (χ4v) is 5.12. The monoisotopic (exact) mass is 554 g/mol. The van der Waals surface area contributed by atoms with Crippen LogP contribution in [0.2, 0.25) is 0 Å². The lowest BCUT2D eigenvalue weighted by atomic mass is 9.76. The fraction of sp³-hybridized carbons (Fsp3) is 0.913. The Morgan fingerprint density at radius 2 is 1.26 bits per heavy atom. The van der Waals surface area contributed by atoms with E-state index in [1.165, 1.54) is 6.92 Å². The normalized spacial score (nSPS) is 45.8. The molecule has 1 saturated carbocycles. The van der Waals surface area contributed by atoms with Gasteiger partial charge in [-0.05, 0) is 19.8 Å². The number of hydrogen-bond donors (Lipinski definition) is 7. The van der Waals surface area contributed by atoms with Crippen molar-refractivity contribution in [3.63, 3.8) is 0 Å². The van der Waals surface area contributed by atoms with Crippen LogP contribution in [0.25, 0.3) is 0 Å². The lowest BCUT2D eigenvalue weighted by Gasteiger charge is -2.45. The van der Waals surface area contributed by atoms with Gasteiger partial charge in [0.15, 0.2) is 6.29 Å². The van der Waals surface area contributed by atoms with Gasteiger partial charge in [-0.25, -0.2) is 0 Å². The molecule has 3 fully saturated rings. The first-order chi connectivity index (χ1) is 17.9. The SMILES string of the molecule is COC(=O)C1CC(OCC2OC(C)C(O)C(O)C2O)C(OC2OC(CO)C(O)C(O)C2O)C[C@H]1C(=O)OC. The summed E-state index contributed by atoms with van der Waals surface area (Å²) in [4.78, 5) is 25.1. The van der Waals surface area contributed by atoms with E-state index in [0.29, 0.717) is 0 Å². The molecule has 38 heavy (non-hydrogen) atoms. The molecule has 15 nitrogen and oxygen atoms in total. The van der Waals surface area contributed by atoms with Crippen molar-refractivity contribution >= 4 is 11.9 Å². The lowest BCUT2D eigenvalue weighted by molar-refractivity contribution is -0.323. The first kappa shape index (κ1) is 31.0. The number of methoxy groups -OCH3 is 2. The molecule has 2 aliphatic heterocycles. The van der Waals surface area contributed by atoms with Gasteiger partial charge in [0.05, 0.1) is 57.6 Å². The van der Waals surface area contributed by atoms with E-state index in [2.05, 4.69) is 0 Å². The minimum absolute atomic E-state index is 0.127. The van der Waals surface area contributed by atoms with E-state index in [4.69, 9.17) is 28.4 Å². The molecule has 0 aromatic rings. The Labute approximate surface area is 218 Å². The van der Waals surface area contributed by atoms with Crippen molar-refractivity contribution < 1.29 is 73.8 Å². The molecule has 14 atom stereocenters. The van der Waals surface area contributed by atoms with Crippen molar-refractivity contribution in [1.82, 2.24) is 0 Å². The molecule has 13 unspecified atom stereocenters. The second-order valence-corrected chi connectivity index (χ2v) is 9.83. The largest absolute Gasteiger partial charge is 0.469 e. The third kappa shape index (κ3) is 6.45. The zero-order valence-corrected chi connectivity index (χ0v) is 21.3. The minimum atomic E-state index is -1.73. The van der Waals surface area contributed by atoms with Crippen LogP contribution in [0.1, 0.15) is 19.8 Å². The highest BCUT2D eigenvalue weighted by Gasteiger charge is 2.51. The van der Waals surface area contributed by atoms with Crippen molar-refractivity contribution in [3.8, 4) is 0 Å². The molecule has 0 spiro atoms. The van der Waals surface area contributed by atoms with Crippen LogP contribution < -0.4 is 0 Å². The van der Waals surface area contributed by atoms with Gasteiger partial charge in [-0.3, -0.25) is 9.59 Å². The third-order valence-corrected chi connectivity index (χ3v) is 7.46. The summed E-state index contributed by atoms with van der Waals surface area (Å²) in [6, 6.07) is 0. The van der Waals surface area contributed by atoms with Gasteiger partial charge in [0.2, 0.25) is 0 Å². The Morgan fingerprint density at radius 3 is 1.82 bits per heavy atom. The molecular formula is C23H38O15. The molecule has 3 rings (SSSR count). The first-order valence-corrected chi connectivity index (χ1v) is 12.4. The molecule has 0 aromatic carbocycles. The minimum Gasteiger partial charge on any atom is -0.469 e. The van der Waals surface area contributed by atoms with Crippen LogP contribution in [0.4, 0.5) is 0 Å². The standard InChI is InChI=1S/C23H38O15/c1-8-15(25)18(28)17(27)14(36-8)7-35-11-4-9(21(31)33-2)10(22(32)34-3)5-12(11)37-23-20(30)19(29)16(26)13(6-24)38-23/h8-20,23-30H,4-7H2,1-3H3/t8?,9?,10-,11?,12?,13?,14?,15?,16?,17?,18?,19?,20?,23?/m1/s1. The maximum absolute atomic E-state index is 12.5. The molecule has 220 valence electrons. The maximum atomic E-state index is 12.5. The first-order valence-electron chi connectivity index (χ1n) is 12.4. The molecular weight excluding hydrogens is 516 g/mol. The van der Waals surface area contributed by atoms with Gasteiger partial charge in [0, 0.05) is 0 Å². The van der Waals surface area contributed by atoms with Crippen LogP contribution in [-0.4, -0.2) is 149 Å². The molecule has 7 N–H and O–H groups in total. The fourth-order valence-electron chi connectivity index (χ4n) is 5.12. The molecule has 0 radical (unpaired) electrons. The Bertz CT molecular complexity index is 795. The summed E-state index contributed by atoms with van der Waals surface area (Å²) in [5.41, 5.74) is 0. The van der Waals surface area contributed by atoms with Crippen LogP contribution in [0.15, 0.2) is 0 Å². The highest BCUT2D eigenvalue weighted by molar-refractivity contribution is 5.82. The highest BCUT2D eigenvalue weighted by Crippen LogP contribution is 2.37. The number of hydrogen-bond acceptors (Lipinski definition) is 15. The molecule has 2 saturated heterocycles. The van der Waals surface area contributed by atoms with Gasteiger partial charge in [-0.1, -0.05) is 0 Å². The number of carbonyl (C=O) groups excluding carboxylic acids is 2. The van der Waals surface area contributed by atoms with Gasteiger partial charge in [0.25, 0.3) is 0 Å². The zero-order valence-electron chi connectivity index (χ0n) is 21.3. The number of aliphatic hydroxyl groups excluding tert-OH is 7. The van der Waals surface area contributed by atoms with Crippen molar-refractivity contribution in [2.45, 2.75) is 93.2 Å². The molecule has 0 amide bonds. The van der Waals surface area contributed by atoms with E-state index >= 15 is 0 Å². The highest BCUT2D eigenvalue weighted by atomic mass is 16.7. The van der Waals surface area contributed by atoms with Crippen molar-refractivity contribution in [2.75, 3.05) is 27.4 Å². The molecule has 3 aliphatic rings. The van der Waals surface area contributed by atoms with Crippen LogP contribution in [0.5, 0.6) is 0 Å². The lowest BCUT2D eigenvalue weighted by Crippen LogP contribution is -2.61. The number of rotatable bonds is 8. The molecule has 0 aromatic heterocycles. The Kier molecular flexibility index (Phi) is 10.8. The van der Waals surface area contributed by atoms with Gasteiger partial charge < -0.3 is 64.2 Å². The summed E-state index contributed by atoms with van der Waals surface area (Å²) in [7, 11) is 2.30. The third-order valence-electron chi connectivity index (χ3n) is 7.46. The van der Waals surface area contributed by atoms with Crippen LogP contribution in [0, 0.1) is 11.8 Å². The number of carbonyl (C=O) groups is 2. The topological polar surface area (TPSA) is 231 Å². The van der Waals surface area contributed by atoms with E-state index in [1.54, 1.807) is 0 Å². The second kappa shape index (κ2) is 13.2. The van der Waals surface area contributed by atoms with E-state index in [-0.39, 0.29) is 19.4 Å². The number of esters is 2. The van der Waals surface area contributed by atoms with Gasteiger partial charge in [0.1, 0.15) is 48.8 Å². The number of aliphatic hydroxyl groups is 7. The van der Waals surface area contributed by atoms with Gasteiger partial charge in [-0.15, -0.1) is 0 Å². The van der Waals surface area contributed by atoms with Crippen molar-refractivity contribution in [3.05, 3.63) is 0 Å². The Balaban J connectivity index is 1.82. The average molecular weight is 555 g/mol. The predicted octanol–water partition coefficient (Wildman–Crippen LogP) is -4.20. The van der Waals surface area contributed by atoms with Crippen LogP contribution >= 0.6 is 0 Å². The van der Waals surface area contributed by atoms with Crippen molar-refractivity contribution in [2.24, 2.45) is 11.8 Å². The smallest absolute Gasteiger partial charge is 0.309 e. The van der Waals surface area contributed by atoms with Crippen molar-refractivity contribution in [1.29, 1.82) is 0 Å². The molecule has 1 aliphatic carbocycles. The summed E-state index contributed by atoms with van der Waals surface area (Å²) in [5.74, 6) is -3.47. The second-order valence-electron chi connectivity index (χ2n) is 9.83.